The lowest BCUT2D eigenvalue weighted by Crippen LogP contribution is -2.36. The Hall–Kier alpha value is -1.13. The van der Waals surface area contributed by atoms with Gasteiger partial charge in [0.25, 0.3) is 5.56 Å². The zero-order chi connectivity index (χ0) is 22.6. The molecule has 0 aliphatic carbocycles. The van der Waals surface area contributed by atoms with E-state index < -0.39 is 13.9 Å². The van der Waals surface area contributed by atoms with Gasteiger partial charge in [0.15, 0.2) is 5.78 Å². The van der Waals surface area contributed by atoms with Crippen molar-refractivity contribution in [1.29, 1.82) is 0 Å². The van der Waals surface area contributed by atoms with Crippen molar-refractivity contribution in [1.82, 2.24) is 14.9 Å². The Kier molecular flexibility index (Phi) is 8.43. The van der Waals surface area contributed by atoms with Gasteiger partial charge in [-0.25, -0.2) is 9.55 Å². The molecule has 2 heterocycles. The summed E-state index contributed by atoms with van der Waals surface area (Å²) in [7, 11) is -3.69. The van der Waals surface area contributed by atoms with Crippen LogP contribution in [0, 0.1) is 0 Å². The summed E-state index contributed by atoms with van der Waals surface area (Å²) < 4.78 is 30.6. The van der Waals surface area contributed by atoms with Crippen molar-refractivity contribution in [2.45, 2.75) is 45.4 Å². The van der Waals surface area contributed by atoms with Gasteiger partial charge >= 0.3 is 7.82 Å². The van der Waals surface area contributed by atoms with E-state index in [-0.39, 0.29) is 43.6 Å². The minimum absolute atomic E-state index is 0.0918. The molecular weight excluding hydrogens is 513 g/mol. The van der Waals surface area contributed by atoms with Gasteiger partial charge in [-0.1, -0.05) is 11.6 Å². The monoisotopic (exact) mass is 535 g/mol. The number of benzene rings is 1. The van der Waals surface area contributed by atoms with Crippen LogP contribution in [0.25, 0.3) is 10.9 Å². The Bertz CT molecular complexity index is 1050. The van der Waals surface area contributed by atoms with Crippen molar-refractivity contribution in [3.8, 4) is 0 Å². The average Bonchev–Trinajstić information content (AvgIpc) is 3.12. The van der Waals surface area contributed by atoms with Crippen molar-refractivity contribution < 1.29 is 22.9 Å². The molecule has 2 atom stereocenters. The van der Waals surface area contributed by atoms with Gasteiger partial charge < -0.3 is 5.32 Å². The zero-order valence-corrected chi connectivity index (χ0v) is 20.4. The smallest absolute Gasteiger partial charge is 0.311 e. The fourth-order valence-electron chi connectivity index (χ4n) is 3.42. The van der Waals surface area contributed by atoms with Crippen LogP contribution in [0.1, 0.15) is 26.7 Å². The van der Waals surface area contributed by atoms with Crippen LogP contribution in [-0.4, -0.2) is 47.2 Å². The van der Waals surface area contributed by atoms with Gasteiger partial charge in [-0.2, -0.15) is 0 Å². The first-order valence-electron chi connectivity index (χ1n) is 9.93. The van der Waals surface area contributed by atoms with Crippen LogP contribution in [-0.2, 0) is 29.5 Å². The van der Waals surface area contributed by atoms with E-state index in [2.05, 4.69) is 26.2 Å². The van der Waals surface area contributed by atoms with Crippen LogP contribution in [0.4, 0.5) is 0 Å². The maximum atomic E-state index is 12.7. The number of Topliss-reactive ketones (excluding diaryl/α,β-unsaturated/α-hetero) is 1. The number of carbonyl (C=O) groups is 1. The first-order chi connectivity index (χ1) is 14.8. The summed E-state index contributed by atoms with van der Waals surface area (Å²) in [5, 5.41) is 3.90. The quantitative estimate of drug-likeness (QED) is 0.458. The number of fused-ring (bicyclic) bond motifs is 1. The standard InChI is InChI=1S/C19H24BrClN3O6P/c1-3-28-31(27,29-4-2)30-18-5-6-22-17(18)7-12(25)10-24-11-23-16-9-14(20)15(21)8-13(16)19(24)26/h8-9,11,17-18,22H,3-7,10H2,1-2H3/t17-,18+/m1/s1. The predicted octanol–water partition coefficient (Wildman–Crippen LogP) is 3.70. The van der Waals surface area contributed by atoms with E-state index in [1.165, 1.54) is 17.0 Å². The van der Waals surface area contributed by atoms with Crippen molar-refractivity contribution >= 4 is 52.0 Å². The van der Waals surface area contributed by atoms with Gasteiger partial charge in [0.1, 0.15) is 0 Å². The number of phosphoric ester groups is 1. The molecule has 1 fully saturated rings. The number of nitrogens with one attached hydrogen (secondary N) is 1. The first kappa shape index (κ1) is 24.5. The Morgan fingerprint density at radius 3 is 2.74 bits per heavy atom. The number of aromatic nitrogens is 2. The Labute approximate surface area is 193 Å². The van der Waals surface area contributed by atoms with Gasteiger partial charge in [0, 0.05) is 16.9 Å². The molecule has 1 N–H and O–H groups in total. The number of rotatable bonds is 10. The minimum atomic E-state index is -3.69. The van der Waals surface area contributed by atoms with E-state index >= 15 is 0 Å². The Balaban J connectivity index is 1.70. The normalized spacial score (nSPS) is 19.2. The largest absolute Gasteiger partial charge is 0.475 e. The second kappa shape index (κ2) is 10.7. The molecule has 2 aromatic rings. The summed E-state index contributed by atoms with van der Waals surface area (Å²) in [4.78, 5) is 29.7. The number of ketones is 1. The third-order valence-corrected chi connectivity index (χ3v) is 7.66. The van der Waals surface area contributed by atoms with E-state index in [0.29, 0.717) is 33.4 Å². The van der Waals surface area contributed by atoms with Crippen LogP contribution < -0.4 is 10.9 Å². The second-order valence-corrected chi connectivity index (χ2v) is 9.86. The SMILES string of the molecule is CCOP(=O)(OCC)O[C@H]1CCN[C@@H]1CC(=O)Cn1cnc2cc(Br)c(Cl)cc2c1=O. The van der Waals surface area contributed by atoms with E-state index in [9.17, 15) is 14.2 Å². The fourth-order valence-corrected chi connectivity index (χ4v) is 5.33. The summed E-state index contributed by atoms with van der Waals surface area (Å²) in [6.07, 6.45) is 1.49. The molecule has 0 unspecified atom stereocenters. The van der Waals surface area contributed by atoms with E-state index in [4.69, 9.17) is 25.2 Å². The highest BCUT2D eigenvalue weighted by atomic mass is 79.9. The molecule has 3 rings (SSSR count). The Morgan fingerprint density at radius 1 is 1.35 bits per heavy atom. The number of phosphoric acid groups is 1. The molecule has 0 bridgehead atoms. The van der Waals surface area contributed by atoms with Crippen molar-refractivity contribution in [3.63, 3.8) is 0 Å². The number of carbonyl (C=O) groups excluding carboxylic acids is 1. The lowest BCUT2D eigenvalue weighted by molar-refractivity contribution is -0.120. The summed E-state index contributed by atoms with van der Waals surface area (Å²) in [6, 6.07) is 2.82. The molecule has 1 aliphatic rings. The van der Waals surface area contributed by atoms with Gasteiger partial charge in [-0.3, -0.25) is 27.7 Å². The predicted molar refractivity (Wildman–Crippen MR) is 120 cm³/mol. The van der Waals surface area contributed by atoms with Crippen LogP contribution in [0.15, 0.2) is 27.7 Å². The van der Waals surface area contributed by atoms with Crippen LogP contribution in [0.2, 0.25) is 5.02 Å². The van der Waals surface area contributed by atoms with Crippen molar-refractivity contribution in [2.75, 3.05) is 19.8 Å². The van der Waals surface area contributed by atoms with Gasteiger partial charge in [0.05, 0.1) is 48.1 Å². The first-order valence-corrected chi connectivity index (χ1v) is 12.6. The second-order valence-electron chi connectivity index (χ2n) is 6.98. The van der Waals surface area contributed by atoms with Crippen molar-refractivity contribution in [3.05, 3.63) is 38.3 Å². The zero-order valence-electron chi connectivity index (χ0n) is 17.2. The third-order valence-electron chi connectivity index (χ3n) is 4.78. The number of hydrogen-bond donors (Lipinski definition) is 1. The maximum absolute atomic E-state index is 12.7. The summed E-state index contributed by atoms with van der Waals surface area (Å²) >= 11 is 9.39. The summed E-state index contributed by atoms with van der Waals surface area (Å²) in [6.45, 7) is 4.22. The molecule has 1 aliphatic heterocycles. The molecule has 12 heteroatoms. The van der Waals surface area contributed by atoms with Gasteiger partial charge in [-0.05, 0) is 54.9 Å². The molecule has 9 nitrogen and oxygen atoms in total. The molecular formula is C19H24BrClN3O6P. The lowest BCUT2D eigenvalue weighted by atomic mass is 10.1. The molecule has 0 spiro atoms. The fraction of sp³-hybridized carbons (Fsp3) is 0.526. The van der Waals surface area contributed by atoms with Crippen LogP contribution in [0.3, 0.4) is 0 Å². The molecule has 170 valence electrons. The molecule has 1 aromatic carbocycles. The summed E-state index contributed by atoms with van der Waals surface area (Å²) in [5.74, 6) is -0.192. The number of nitrogens with zero attached hydrogens (tertiary/aromatic N) is 2. The van der Waals surface area contributed by atoms with Crippen molar-refractivity contribution in [2.24, 2.45) is 0 Å². The third kappa shape index (κ3) is 6.01. The average molecular weight is 537 g/mol. The lowest BCUT2D eigenvalue weighted by Gasteiger charge is -2.24. The molecule has 0 saturated carbocycles. The molecule has 1 aromatic heterocycles. The number of hydrogen-bond acceptors (Lipinski definition) is 8. The van der Waals surface area contributed by atoms with Gasteiger partial charge in [-0.15, -0.1) is 0 Å². The van der Waals surface area contributed by atoms with E-state index in [1.807, 2.05) is 0 Å². The maximum Gasteiger partial charge on any atom is 0.475 e. The minimum Gasteiger partial charge on any atom is -0.311 e. The molecule has 1 saturated heterocycles. The van der Waals surface area contributed by atoms with Crippen LogP contribution >= 0.6 is 35.4 Å². The van der Waals surface area contributed by atoms with Gasteiger partial charge in [0.2, 0.25) is 0 Å². The highest BCUT2D eigenvalue weighted by Crippen LogP contribution is 2.51. The van der Waals surface area contributed by atoms with Crippen LogP contribution in [0.5, 0.6) is 0 Å². The van der Waals surface area contributed by atoms with E-state index in [1.54, 1.807) is 19.9 Å². The van der Waals surface area contributed by atoms with E-state index in [0.717, 1.165) is 0 Å². The molecule has 0 amide bonds. The molecule has 0 radical (unpaired) electrons. The summed E-state index contributed by atoms with van der Waals surface area (Å²) in [5.41, 5.74) is 0.135. The highest BCUT2D eigenvalue weighted by molar-refractivity contribution is 9.10. The highest BCUT2D eigenvalue weighted by Gasteiger charge is 2.37. The topological polar surface area (TPSA) is 109 Å². The number of halogens is 2. The Morgan fingerprint density at radius 2 is 2.06 bits per heavy atom. The molecule has 31 heavy (non-hydrogen) atoms.